The molecular formula is C14H18N2O4. The number of carbonyl (C=O) groups is 2. The van der Waals surface area contributed by atoms with Crippen molar-refractivity contribution >= 4 is 12.1 Å². The molecule has 1 N–H and O–H groups in total. The summed E-state index contributed by atoms with van der Waals surface area (Å²) in [5.41, 5.74) is 1.63. The monoisotopic (exact) mass is 278 g/mol. The molecule has 1 heterocycles. The quantitative estimate of drug-likeness (QED) is 0.843. The van der Waals surface area contributed by atoms with Crippen molar-refractivity contribution in [3.05, 3.63) is 35.4 Å². The summed E-state index contributed by atoms with van der Waals surface area (Å²) < 4.78 is 4.65. The topological polar surface area (TPSA) is 70.1 Å². The van der Waals surface area contributed by atoms with Gasteiger partial charge in [0.05, 0.1) is 12.7 Å². The highest BCUT2D eigenvalue weighted by Gasteiger charge is 2.20. The molecule has 0 aromatic heterocycles. The average molecular weight is 278 g/mol. The van der Waals surface area contributed by atoms with E-state index in [0.717, 1.165) is 25.2 Å². The number of hydrogen-bond donors (Lipinski definition) is 1. The van der Waals surface area contributed by atoms with Crippen LogP contribution in [0.25, 0.3) is 0 Å². The van der Waals surface area contributed by atoms with Crippen molar-refractivity contribution < 1.29 is 19.4 Å². The van der Waals surface area contributed by atoms with Gasteiger partial charge in [-0.3, -0.25) is 4.90 Å². The predicted molar refractivity (Wildman–Crippen MR) is 72.7 cm³/mol. The van der Waals surface area contributed by atoms with E-state index in [1.165, 1.54) is 12.0 Å². The number of carbonyl (C=O) groups excluding carboxylic acids is 1. The summed E-state index contributed by atoms with van der Waals surface area (Å²) in [7, 11) is 1.36. The zero-order valence-electron chi connectivity index (χ0n) is 11.4. The smallest absolute Gasteiger partial charge is 0.407 e. The van der Waals surface area contributed by atoms with Gasteiger partial charge in [0.2, 0.25) is 0 Å². The van der Waals surface area contributed by atoms with Crippen molar-refractivity contribution in [3.8, 4) is 0 Å². The summed E-state index contributed by atoms with van der Waals surface area (Å²) in [6.45, 7) is 3.29. The van der Waals surface area contributed by atoms with Gasteiger partial charge in [-0.2, -0.15) is 0 Å². The molecule has 1 aromatic carbocycles. The van der Waals surface area contributed by atoms with Gasteiger partial charge < -0.3 is 14.7 Å². The van der Waals surface area contributed by atoms with Crippen molar-refractivity contribution in [3.63, 3.8) is 0 Å². The van der Waals surface area contributed by atoms with Gasteiger partial charge in [-0.15, -0.1) is 0 Å². The molecule has 0 unspecified atom stereocenters. The third-order valence-electron chi connectivity index (χ3n) is 3.42. The first kappa shape index (κ1) is 14.3. The number of hydrogen-bond acceptors (Lipinski definition) is 4. The molecule has 20 heavy (non-hydrogen) atoms. The minimum Gasteiger partial charge on any atom is -0.465 e. The highest BCUT2D eigenvalue weighted by Crippen LogP contribution is 2.11. The molecule has 1 amide bonds. The van der Waals surface area contributed by atoms with E-state index >= 15 is 0 Å². The number of nitrogens with zero attached hydrogens (tertiary/aromatic N) is 2. The van der Waals surface area contributed by atoms with E-state index in [0.29, 0.717) is 18.7 Å². The van der Waals surface area contributed by atoms with E-state index < -0.39 is 6.09 Å². The fourth-order valence-electron chi connectivity index (χ4n) is 2.22. The molecular weight excluding hydrogens is 260 g/mol. The molecule has 6 heteroatoms. The third-order valence-corrected chi connectivity index (χ3v) is 3.42. The fraction of sp³-hybridized carbons (Fsp3) is 0.429. The Kier molecular flexibility index (Phi) is 4.57. The van der Waals surface area contributed by atoms with Gasteiger partial charge in [-0.05, 0) is 17.7 Å². The van der Waals surface area contributed by atoms with Crippen molar-refractivity contribution in [2.75, 3.05) is 33.3 Å². The zero-order chi connectivity index (χ0) is 14.5. The van der Waals surface area contributed by atoms with E-state index in [1.807, 2.05) is 12.1 Å². The second-order valence-corrected chi connectivity index (χ2v) is 4.73. The van der Waals surface area contributed by atoms with Gasteiger partial charge in [-0.25, -0.2) is 9.59 Å². The van der Waals surface area contributed by atoms with Crippen LogP contribution in [-0.2, 0) is 11.3 Å². The molecule has 2 rings (SSSR count). The van der Waals surface area contributed by atoms with Crippen LogP contribution in [0.3, 0.4) is 0 Å². The lowest BCUT2D eigenvalue weighted by Gasteiger charge is -2.33. The van der Waals surface area contributed by atoms with E-state index in [4.69, 9.17) is 5.11 Å². The normalized spacial score (nSPS) is 15.9. The number of amides is 1. The van der Waals surface area contributed by atoms with Crippen LogP contribution in [0.5, 0.6) is 0 Å². The van der Waals surface area contributed by atoms with Crippen LogP contribution in [0.15, 0.2) is 24.3 Å². The Bertz CT molecular complexity index is 478. The van der Waals surface area contributed by atoms with Crippen LogP contribution in [-0.4, -0.2) is 60.3 Å². The molecule has 1 fully saturated rings. The molecule has 0 aliphatic carbocycles. The standard InChI is InChI=1S/C14H18N2O4/c1-20-13(17)12-4-2-11(3-5-12)10-15-6-8-16(9-7-15)14(18)19/h2-5H,6-10H2,1H3,(H,18,19). The first-order valence-electron chi connectivity index (χ1n) is 6.47. The van der Waals surface area contributed by atoms with Crippen LogP contribution in [0.2, 0.25) is 0 Å². The average Bonchev–Trinajstić information content (AvgIpc) is 2.48. The Labute approximate surface area is 117 Å². The number of carboxylic acid groups (broad SMARTS) is 1. The molecule has 0 atom stereocenters. The summed E-state index contributed by atoms with van der Waals surface area (Å²) in [6, 6.07) is 7.29. The maximum absolute atomic E-state index is 11.3. The molecule has 0 saturated carbocycles. The Morgan fingerprint density at radius 3 is 2.25 bits per heavy atom. The summed E-state index contributed by atoms with van der Waals surface area (Å²) in [4.78, 5) is 25.8. The lowest BCUT2D eigenvalue weighted by Crippen LogP contribution is -2.47. The Balaban J connectivity index is 1.88. The number of benzene rings is 1. The zero-order valence-corrected chi connectivity index (χ0v) is 11.4. The lowest BCUT2D eigenvalue weighted by molar-refractivity contribution is 0.0600. The lowest BCUT2D eigenvalue weighted by atomic mass is 10.1. The van der Waals surface area contributed by atoms with E-state index in [-0.39, 0.29) is 5.97 Å². The maximum Gasteiger partial charge on any atom is 0.407 e. The van der Waals surface area contributed by atoms with Crippen LogP contribution in [0.1, 0.15) is 15.9 Å². The first-order valence-corrected chi connectivity index (χ1v) is 6.47. The minimum atomic E-state index is -0.855. The Morgan fingerprint density at radius 1 is 1.15 bits per heavy atom. The van der Waals surface area contributed by atoms with Crippen LogP contribution < -0.4 is 0 Å². The van der Waals surface area contributed by atoms with Crippen molar-refractivity contribution in [1.29, 1.82) is 0 Å². The van der Waals surface area contributed by atoms with Gasteiger partial charge in [0.25, 0.3) is 0 Å². The number of methoxy groups -OCH3 is 1. The number of ether oxygens (including phenoxy) is 1. The minimum absolute atomic E-state index is 0.341. The van der Waals surface area contributed by atoms with E-state index in [2.05, 4.69) is 9.64 Å². The Morgan fingerprint density at radius 2 is 1.75 bits per heavy atom. The molecule has 0 bridgehead atoms. The molecule has 0 spiro atoms. The summed E-state index contributed by atoms with van der Waals surface area (Å²) in [5, 5.41) is 8.88. The van der Waals surface area contributed by atoms with Gasteiger partial charge in [0, 0.05) is 32.7 Å². The molecule has 0 radical (unpaired) electrons. The van der Waals surface area contributed by atoms with Gasteiger partial charge in [-0.1, -0.05) is 12.1 Å². The Hall–Kier alpha value is -2.08. The second-order valence-electron chi connectivity index (χ2n) is 4.73. The van der Waals surface area contributed by atoms with Crippen LogP contribution in [0, 0.1) is 0 Å². The molecule has 1 aliphatic rings. The van der Waals surface area contributed by atoms with Crippen LogP contribution >= 0.6 is 0 Å². The molecule has 1 aromatic rings. The van der Waals surface area contributed by atoms with Crippen molar-refractivity contribution in [1.82, 2.24) is 9.80 Å². The third kappa shape index (κ3) is 3.48. The van der Waals surface area contributed by atoms with E-state index in [9.17, 15) is 9.59 Å². The largest absolute Gasteiger partial charge is 0.465 e. The summed E-state index contributed by atoms with van der Waals surface area (Å²) >= 11 is 0. The number of esters is 1. The summed E-state index contributed by atoms with van der Waals surface area (Å²) in [5.74, 6) is -0.341. The van der Waals surface area contributed by atoms with Crippen LogP contribution in [0.4, 0.5) is 4.79 Å². The second kappa shape index (κ2) is 6.38. The summed E-state index contributed by atoms with van der Waals surface area (Å²) in [6.07, 6.45) is -0.855. The van der Waals surface area contributed by atoms with Gasteiger partial charge >= 0.3 is 12.1 Å². The van der Waals surface area contributed by atoms with Crippen molar-refractivity contribution in [2.24, 2.45) is 0 Å². The van der Waals surface area contributed by atoms with Crippen molar-refractivity contribution in [2.45, 2.75) is 6.54 Å². The molecule has 108 valence electrons. The molecule has 1 saturated heterocycles. The molecule has 6 nitrogen and oxygen atoms in total. The molecule has 1 aliphatic heterocycles. The highest BCUT2D eigenvalue weighted by atomic mass is 16.5. The first-order chi connectivity index (χ1) is 9.60. The fourth-order valence-corrected chi connectivity index (χ4v) is 2.22. The van der Waals surface area contributed by atoms with Gasteiger partial charge in [0.1, 0.15) is 0 Å². The SMILES string of the molecule is COC(=O)c1ccc(CN2CCN(C(=O)O)CC2)cc1. The predicted octanol–water partition coefficient (Wildman–Crippen LogP) is 1.27. The van der Waals surface area contributed by atoms with E-state index in [1.54, 1.807) is 12.1 Å². The number of piperazine rings is 1. The van der Waals surface area contributed by atoms with Gasteiger partial charge in [0.15, 0.2) is 0 Å². The number of rotatable bonds is 3. The highest BCUT2D eigenvalue weighted by molar-refractivity contribution is 5.89. The maximum atomic E-state index is 11.3.